The minimum Gasteiger partial charge on any atom is -0.452 e. The summed E-state index contributed by atoms with van der Waals surface area (Å²) in [5.41, 5.74) is 3.15. The van der Waals surface area contributed by atoms with Gasteiger partial charge in [0.1, 0.15) is 0 Å². The fourth-order valence-electron chi connectivity index (χ4n) is 3.86. The third kappa shape index (κ3) is 2.66. The first kappa shape index (κ1) is 15.2. The van der Waals surface area contributed by atoms with Crippen molar-refractivity contribution in [3.8, 4) is 0 Å². The summed E-state index contributed by atoms with van der Waals surface area (Å²) in [5.74, 6) is -0.495. The first-order valence-corrected chi connectivity index (χ1v) is 8.72. The topological polar surface area (TPSA) is 46.6 Å². The summed E-state index contributed by atoms with van der Waals surface area (Å²) in [6, 6.07) is 9.93. The Hall–Kier alpha value is -2.36. The molecule has 0 unspecified atom stereocenters. The second kappa shape index (κ2) is 6.27. The van der Waals surface area contributed by atoms with Gasteiger partial charge in [0.2, 0.25) is 0 Å². The zero-order chi connectivity index (χ0) is 16.5. The number of esters is 1. The van der Waals surface area contributed by atoms with Gasteiger partial charge in [-0.3, -0.25) is 4.79 Å². The van der Waals surface area contributed by atoms with Crippen LogP contribution >= 0.6 is 0 Å². The smallest absolute Gasteiger partial charge is 0.339 e. The molecule has 2 aromatic rings. The molecule has 0 saturated carbocycles. The molecule has 4 heteroatoms. The lowest BCUT2D eigenvalue weighted by Crippen LogP contribution is -2.38. The van der Waals surface area contributed by atoms with E-state index in [2.05, 4.69) is 6.07 Å². The molecule has 1 saturated heterocycles. The number of ether oxygens (including phenoxy) is 1. The quantitative estimate of drug-likeness (QED) is 0.816. The summed E-state index contributed by atoms with van der Waals surface area (Å²) in [7, 11) is 0. The minimum atomic E-state index is -0.407. The number of carbonyl (C=O) groups excluding carboxylic acids is 2. The van der Waals surface area contributed by atoms with Gasteiger partial charge in [-0.05, 0) is 60.1 Å². The van der Waals surface area contributed by atoms with Gasteiger partial charge in [-0.15, -0.1) is 0 Å². The second-order valence-electron chi connectivity index (χ2n) is 6.63. The van der Waals surface area contributed by atoms with Crippen LogP contribution in [0.5, 0.6) is 0 Å². The van der Waals surface area contributed by atoms with Crippen LogP contribution < -0.4 is 0 Å². The summed E-state index contributed by atoms with van der Waals surface area (Å²) >= 11 is 0. The van der Waals surface area contributed by atoms with E-state index in [4.69, 9.17) is 4.74 Å². The lowest BCUT2D eigenvalue weighted by molar-refractivity contribution is -0.135. The molecule has 0 N–H and O–H groups in total. The highest BCUT2D eigenvalue weighted by atomic mass is 16.5. The molecule has 2 aromatic carbocycles. The Morgan fingerprint density at radius 2 is 1.71 bits per heavy atom. The third-order valence-electron chi connectivity index (χ3n) is 5.13. The van der Waals surface area contributed by atoms with E-state index in [9.17, 15) is 9.59 Å². The number of carbonyl (C=O) groups is 2. The normalized spacial score (nSPS) is 16.4. The van der Waals surface area contributed by atoms with Gasteiger partial charge in [-0.2, -0.15) is 0 Å². The van der Waals surface area contributed by atoms with Crippen LogP contribution in [0.25, 0.3) is 10.8 Å². The van der Waals surface area contributed by atoms with Gasteiger partial charge in [0.25, 0.3) is 5.91 Å². The van der Waals surface area contributed by atoms with Crippen molar-refractivity contribution in [3.63, 3.8) is 0 Å². The van der Waals surface area contributed by atoms with E-state index in [1.165, 1.54) is 22.9 Å². The van der Waals surface area contributed by atoms with Crippen LogP contribution in [0.2, 0.25) is 0 Å². The van der Waals surface area contributed by atoms with E-state index in [-0.39, 0.29) is 12.5 Å². The maximum absolute atomic E-state index is 12.5. The summed E-state index contributed by atoms with van der Waals surface area (Å²) in [6.45, 7) is 1.39. The molecule has 1 aliphatic heterocycles. The van der Waals surface area contributed by atoms with Crippen molar-refractivity contribution in [1.29, 1.82) is 0 Å². The number of amides is 1. The molecule has 124 valence electrons. The van der Waals surface area contributed by atoms with E-state index in [1.807, 2.05) is 24.3 Å². The molecule has 24 heavy (non-hydrogen) atoms. The predicted molar refractivity (Wildman–Crippen MR) is 92.1 cm³/mol. The Bertz CT molecular complexity index is 796. The van der Waals surface area contributed by atoms with Crippen LogP contribution in [0.15, 0.2) is 30.3 Å². The molecule has 1 fully saturated rings. The molecule has 0 radical (unpaired) electrons. The Balaban J connectivity index is 1.51. The van der Waals surface area contributed by atoms with Crippen LogP contribution in [-0.4, -0.2) is 36.5 Å². The first-order chi connectivity index (χ1) is 11.7. The van der Waals surface area contributed by atoms with Gasteiger partial charge in [0.15, 0.2) is 6.61 Å². The number of likely N-dealkylation sites (tertiary alicyclic amines) is 1. The molecule has 0 atom stereocenters. The Morgan fingerprint density at radius 3 is 2.50 bits per heavy atom. The second-order valence-corrected chi connectivity index (χ2v) is 6.63. The number of benzene rings is 2. The molecule has 1 amide bonds. The number of rotatable bonds is 3. The number of hydrogen-bond donors (Lipinski definition) is 0. The first-order valence-electron chi connectivity index (χ1n) is 8.72. The fraction of sp³-hybridized carbons (Fsp3) is 0.400. The van der Waals surface area contributed by atoms with Crippen LogP contribution in [-0.2, 0) is 22.4 Å². The van der Waals surface area contributed by atoms with Gasteiger partial charge in [-0.1, -0.05) is 24.3 Å². The van der Waals surface area contributed by atoms with E-state index in [0.29, 0.717) is 5.56 Å². The molecule has 0 spiro atoms. The van der Waals surface area contributed by atoms with Crippen LogP contribution in [0.4, 0.5) is 0 Å². The zero-order valence-corrected chi connectivity index (χ0v) is 13.7. The average molecular weight is 323 g/mol. The van der Waals surface area contributed by atoms with Gasteiger partial charge in [-0.25, -0.2) is 4.79 Å². The van der Waals surface area contributed by atoms with Crippen molar-refractivity contribution in [2.45, 2.75) is 32.1 Å². The van der Waals surface area contributed by atoms with Gasteiger partial charge < -0.3 is 9.64 Å². The molecule has 1 aliphatic carbocycles. The van der Waals surface area contributed by atoms with Crippen LogP contribution in [0, 0.1) is 0 Å². The van der Waals surface area contributed by atoms with Crippen molar-refractivity contribution < 1.29 is 14.3 Å². The lowest BCUT2D eigenvalue weighted by atomic mass is 10.00. The van der Waals surface area contributed by atoms with E-state index < -0.39 is 5.97 Å². The third-order valence-corrected chi connectivity index (χ3v) is 5.13. The van der Waals surface area contributed by atoms with Crippen molar-refractivity contribution >= 4 is 22.6 Å². The minimum absolute atomic E-state index is 0.0889. The summed E-state index contributed by atoms with van der Waals surface area (Å²) in [4.78, 5) is 26.5. The number of piperidine rings is 1. The van der Waals surface area contributed by atoms with Crippen molar-refractivity contribution in [2.24, 2.45) is 0 Å². The van der Waals surface area contributed by atoms with Gasteiger partial charge in [0, 0.05) is 13.1 Å². The molecule has 4 nitrogen and oxygen atoms in total. The summed E-state index contributed by atoms with van der Waals surface area (Å²) in [5, 5.41) is 2.13. The van der Waals surface area contributed by atoms with Crippen LogP contribution in [0.3, 0.4) is 0 Å². The zero-order valence-electron chi connectivity index (χ0n) is 13.7. The van der Waals surface area contributed by atoms with E-state index >= 15 is 0 Å². The molecular formula is C20H21NO3. The predicted octanol–water partition coefficient (Wildman–Crippen LogP) is 3.11. The maximum atomic E-state index is 12.5. The molecule has 2 aliphatic rings. The van der Waals surface area contributed by atoms with Crippen LogP contribution in [0.1, 0.15) is 40.7 Å². The standard InChI is InChI=1S/C20H21NO3/c22-18(21-11-2-1-3-12-21)13-24-20(23)17-10-9-15-8-7-14-5-4-6-16(17)19(14)15/h4-6,9-10H,1-3,7-8,11-13H2. The largest absolute Gasteiger partial charge is 0.452 e. The fourth-order valence-corrected chi connectivity index (χ4v) is 3.86. The summed E-state index contributed by atoms with van der Waals surface area (Å²) < 4.78 is 5.32. The lowest BCUT2D eigenvalue weighted by Gasteiger charge is -2.26. The number of aryl methyl sites for hydroxylation is 2. The van der Waals surface area contributed by atoms with Gasteiger partial charge >= 0.3 is 5.97 Å². The van der Waals surface area contributed by atoms with Gasteiger partial charge in [0.05, 0.1) is 5.56 Å². The number of hydrogen-bond acceptors (Lipinski definition) is 3. The van der Waals surface area contributed by atoms with Crippen molar-refractivity contribution in [3.05, 3.63) is 47.0 Å². The van der Waals surface area contributed by atoms with Crippen molar-refractivity contribution in [2.75, 3.05) is 19.7 Å². The molecule has 0 bridgehead atoms. The molecular weight excluding hydrogens is 302 g/mol. The molecule has 1 heterocycles. The average Bonchev–Trinajstić information content (AvgIpc) is 3.05. The number of nitrogens with zero attached hydrogens (tertiary/aromatic N) is 1. The van der Waals surface area contributed by atoms with E-state index in [1.54, 1.807) is 4.90 Å². The Kier molecular flexibility index (Phi) is 3.97. The highest BCUT2D eigenvalue weighted by molar-refractivity contribution is 6.07. The van der Waals surface area contributed by atoms with E-state index in [0.717, 1.165) is 44.2 Å². The maximum Gasteiger partial charge on any atom is 0.339 e. The Labute approximate surface area is 141 Å². The highest BCUT2D eigenvalue weighted by Crippen LogP contribution is 2.33. The monoisotopic (exact) mass is 323 g/mol. The molecule has 0 aromatic heterocycles. The summed E-state index contributed by atoms with van der Waals surface area (Å²) in [6.07, 6.45) is 5.30. The highest BCUT2D eigenvalue weighted by Gasteiger charge is 2.21. The molecule has 4 rings (SSSR count). The van der Waals surface area contributed by atoms with Crippen molar-refractivity contribution in [1.82, 2.24) is 4.90 Å². The SMILES string of the molecule is O=C(OCC(=O)N1CCCCC1)c1ccc2c3c(cccc13)CC2. The Morgan fingerprint density at radius 1 is 0.958 bits per heavy atom.